The van der Waals surface area contributed by atoms with Crippen molar-refractivity contribution in [2.75, 3.05) is 19.5 Å². The Morgan fingerprint density at radius 1 is 1.15 bits per heavy atom. The number of benzene rings is 2. The van der Waals surface area contributed by atoms with Crippen molar-refractivity contribution < 1.29 is 14.3 Å². The number of para-hydroxylation sites is 2. The Hall–Kier alpha value is -3.35. The van der Waals surface area contributed by atoms with Gasteiger partial charge in [-0.2, -0.15) is 0 Å². The summed E-state index contributed by atoms with van der Waals surface area (Å²) in [6, 6.07) is 12.3. The van der Waals surface area contributed by atoms with Crippen molar-refractivity contribution in [2.45, 2.75) is 13.5 Å². The van der Waals surface area contributed by atoms with Gasteiger partial charge in [0.05, 0.1) is 30.9 Å². The van der Waals surface area contributed by atoms with Crippen LogP contribution in [0.4, 0.5) is 5.69 Å². The molecule has 3 rings (SSSR count). The number of amides is 1. The van der Waals surface area contributed by atoms with Crippen LogP contribution < -0.4 is 20.3 Å². The number of rotatable bonds is 5. The molecule has 0 saturated carbocycles. The highest BCUT2D eigenvalue weighted by Gasteiger charge is 2.13. The second-order valence-corrected chi connectivity index (χ2v) is 5.69. The zero-order chi connectivity index (χ0) is 18.7. The van der Waals surface area contributed by atoms with Gasteiger partial charge in [0.1, 0.15) is 23.7 Å². The SMILES string of the molecule is COc1ccc(NC(=O)Cn2c(=O)c(C)nc3ccccc32)c(OC)c1. The highest BCUT2D eigenvalue weighted by atomic mass is 16.5. The molecule has 2 aromatic carbocycles. The van der Waals surface area contributed by atoms with E-state index in [4.69, 9.17) is 9.47 Å². The third-order valence-electron chi connectivity index (χ3n) is 4.00. The molecule has 26 heavy (non-hydrogen) atoms. The molecule has 3 aromatic rings. The Morgan fingerprint density at radius 2 is 1.92 bits per heavy atom. The highest BCUT2D eigenvalue weighted by Crippen LogP contribution is 2.29. The van der Waals surface area contributed by atoms with Gasteiger partial charge in [0.2, 0.25) is 5.91 Å². The van der Waals surface area contributed by atoms with Gasteiger partial charge in [-0.1, -0.05) is 12.1 Å². The summed E-state index contributed by atoms with van der Waals surface area (Å²) in [6.07, 6.45) is 0. The maximum Gasteiger partial charge on any atom is 0.272 e. The van der Waals surface area contributed by atoms with Crippen LogP contribution >= 0.6 is 0 Å². The Kier molecular flexibility index (Phi) is 4.88. The number of carbonyl (C=O) groups excluding carboxylic acids is 1. The zero-order valence-corrected chi connectivity index (χ0v) is 14.8. The number of fused-ring (bicyclic) bond motifs is 1. The number of aryl methyl sites for hydroxylation is 1. The van der Waals surface area contributed by atoms with Gasteiger partial charge >= 0.3 is 0 Å². The molecule has 0 saturated heterocycles. The van der Waals surface area contributed by atoms with Gasteiger partial charge in [-0.25, -0.2) is 4.98 Å². The largest absolute Gasteiger partial charge is 0.497 e. The number of hydrogen-bond donors (Lipinski definition) is 1. The molecule has 0 fully saturated rings. The van der Waals surface area contributed by atoms with E-state index in [0.717, 1.165) is 0 Å². The van der Waals surface area contributed by atoms with Crippen LogP contribution in [0.25, 0.3) is 11.0 Å². The summed E-state index contributed by atoms with van der Waals surface area (Å²) in [4.78, 5) is 29.3. The topological polar surface area (TPSA) is 82.5 Å². The van der Waals surface area contributed by atoms with Crippen molar-refractivity contribution in [3.8, 4) is 11.5 Å². The van der Waals surface area contributed by atoms with E-state index >= 15 is 0 Å². The molecule has 0 atom stereocenters. The Balaban J connectivity index is 1.91. The normalized spacial score (nSPS) is 10.6. The van der Waals surface area contributed by atoms with Gasteiger partial charge in [0.25, 0.3) is 5.56 Å². The fourth-order valence-corrected chi connectivity index (χ4v) is 2.71. The van der Waals surface area contributed by atoms with Crippen LogP contribution in [0.5, 0.6) is 11.5 Å². The first-order valence-corrected chi connectivity index (χ1v) is 8.01. The lowest BCUT2D eigenvalue weighted by Gasteiger charge is -2.13. The third kappa shape index (κ3) is 3.37. The fraction of sp³-hybridized carbons (Fsp3) is 0.211. The standard InChI is InChI=1S/C19H19N3O4/c1-12-19(24)22(16-7-5-4-6-14(16)20-12)11-18(23)21-15-9-8-13(25-2)10-17(15)26-3/h4-10H,11H2,1-3H3,(H,21,23). The number of methoxy groups -OCH3 is 2. The fourth-order valence-electron chi connectivity index (χ4n) is 2.71. The van der Waals surface area contributed by atoms with Crippen molar-refractivity contribution in [3.63, 3.8) is 0 Å². The van der Waals surface area contributed by atoms with E-state index in [9.17, 15) is 9.59 Å². The molecular weight excluding hydrogens is 334 g/mol. The molecule has 134 valence electrons. The number of ether oxygens (including phenoxy) is 2. The quantitative estimate of drug-likeness (QED) is 0.761. The molecule has 0 spiro atoms. The van der Waals surface area contributed by atoms with E-state index in [0.29, 0.717) is 33.9 Å². The minimum absolute atomic E-state index is 0.127. The summed E-state index contributed by atoms with van der Waals surface area (Å²) >= 11 is 0. The van der Waals surface area contributed by atoms with Crippen molar-refractivity contribution >= 4 is 22.6 Å². The summed E-state index contributed by atoms with van der Waals surface area (Å²) < 4.78 is 11.8. The second kappa shape index (κ2) is 7.26. The van der Waals surface area contributed by atoms with Crippen LogP contribution in [0.15, 0.2) is 47.3 Å². The summed E-state index contributed by atoms with van der Waals surface area (Å²) in [6.45, 7) is 1.51. The molecule has 0 aliphatic carbocycles. The molecule has 7 heteroatoms. The molecule has 0 bridgehead atoms. The first-order valence-electron chi connectivity index (χ1n) is 8.01. The molecule has 1 aromatic heterocycles. The average molecular weight is 353 g/mol. The van der Waals surface area contributed by atoms with Gasteiger partial charge in [0.15, 0.2) is 0 Å². The first-order chi connectivity index (χ1) is 12.5. The van der Waals surface area contributed by atoms with Gasteiger partial charge in [-0.15, -0.1) is 0 Å². The number of carbonyl (C=O) groups is 1. The van der Waals surface area contributed by atoms with E-state index in [1.807, 2.05) is 12.1 Å². The van der Waals surface area contributed by atoms with Crippen molar-refractivity contribution in [1.29, 1.82) is 0 Å². The average Bonchev–Trinajstić information content (AvgIpc) is 2.65. The van der Waals surface area contributed by atoms with E-state index in [2.05, 4.69) is 10.3 Å². The van der Waals surface area contributed by atoms with Gasteiger partial charge in [-0.3, -0.25) is 14.2 Å². The van der Waals surface area contributed by atoms with E-state index in [1.165, 1.54) is 11.7 Å². The minimum atomic E-state index is -0.341. The Morgan fingerprint density at radius 3 is 2.65 bits per heavy atom. The van der Waals surface area contributed by atoms with Crippen LogP contribution in [0, 0.1) is 6.92 Å². The number of aromatic nitrogens is 2. The maximum atomic E-state index is 12.5. The van der Waals surface area contributed by atoms with Gasteiger partial charge in [0, 0.05) is 6.07 Å². The Bertz CT molecular complexity index is 1030. The van der Waals surface area contributed by atoms with Crippen LogP contribution in [0.2, 0.25) is 0 Å². The predicted molar refractivity (Wildman–Crippen MR) is 98.9 cm³/mol. The summed E-state index contributed by atoms with van der Waals surface area (Å²) in [5, 5.41) is 2.77. The van der Waals surface area contributed by atoms with Crippen molar-refractivity contribution in [1.82, 2.24) is 9.55 Å². The number of anilines is 1. The number of hydrogen-bond acceptors (Lipinski definition) is 5. The predicted octanol–water partition coefficient (Wildman–Crippen LogP) is 2.36. The lowest BCUT2D eigenvalue weighted by molar-refractivity contribution is -0.116. The molecular formula is C19H19N3O4. The number of nitrogens with one attached hydrogen (secondary N) is 1. The van der Waals surface area contributed by atoms with E-state index < -0.39 is 0 Å². The molecule has 7 nitrogen and oxygen atoms in total. The lowest BCUT2D eigenvalue weighted by atomic mass is 10.2. The first kappa shape index (κ1) is 17.5. The lowest BCUT2D eigenvalue weighted by Crippen LogP contribution is -2.30. The van der Waals surface area contributed by atoms with E-state index in [1.54, 1.807) is 44.4 Å². The highest BCUT2D eigenvalue weighted by molar-refractivity contribution is 5.93. The monoisotopic (exact) mass is 353 g/mol. The molecule has 0 aliphatic rings. The smallest absolute Gasteiger partial charge is 0.272 e. The number of nitrogens with zero attached hydrogens (tertiary/aromatic N) is 2. The zero-order valence-electron chi connectivity index (χ0n) is 14.8. The summed E-state index contributed by atoms with van der Waals surface area (Å²) in [5.41, 5.74) is 1.83. The second-order valence-electron chi connectivity index (χ2n) is 5.69. The molecule has 0 aliphatic heterocycles. The molecule has 0 unspecified atom stereocenters. The molecule has 1 N–H and O–H groups in total. The molecule has 1 amide bonds. The van der Waals surface area contributed by atoms with E-state index in [-0.39, 0.29) is 18.0 Å². The van der Waals surface area contributed by atoms with Crippen LogP contribution in [-0.4, -0.2) is 29.7 Å². The molecule has 0 radical (unpaired) electrons. The van der Waals surface area contributed by atoms with Gasteiger partial charge < -0.3 is 14.8 Å². The van der Waals surface area contributed by atoms with Crippen molar-refractivity contribution in [3.05, 3.63) is 58.5 Å². The summed E-state index contributed by atoms with van der Waals surface area (Å²) in [7, 11) is 3.06. The molecule has 1 heterocycles. The van der Waals surface area contributed by atoms with Gasteiger partial charge in [-0.05, 0) is 31.2 Å². The van der Waals surface area contributed by atoms with Crippen LogP contribution in [-0.2, 0) is 11.3 Å². The summed E-state index contributed by atoms with van der Waals surface area (Å²) in [5.74, 6) is 0.749. The van der Waals surface area contributed by atoms with Crippen LogP contribution in [0.1, 0.15) is 5.69 Å². The minimum Gasteiger partial charge on any atom is -0.497 e. The third-order valence-corrected chi connectivity index (χ3v) is 4.00. The van der Waals surface area contributed by atoms with Crippen molar-refractivity contribution in [2.24, 2.45) is 0 Å². The Labute approximate surface area is 150 Å². The maximum absolute atomic E-state index is 12.5. The van der Waals surface area contributed by atoms with Crippen LogP contribution in [0.3, 0.4) is 0 Å².